The Morgan fingerprint density at radius 3 is 2.57 bits per heavy atom. The van der Waals surface area contributed by atoms with Crippen molar-refractivity contribution in [2.75, 3.05) is 0 Å². The third-order valence-corrected chi connectivity index (χ3v) is 6.22. The van der Waals surface area contributed by atoms with E-state index >= 15 is 0 Å². The molecule has 156 valence electrons. The van der Waals surface area contributed by atoms with Gasteiger partial charge in [0.15, 0.2) is 6.10 Å². The molecule has 4 nitrogen and oxygen atoms in total. The van der Waals surface area contributed by atoms with Gasteiger partial charge in [-0.1, -0.05) is 68.4 Å². The maximum atomic E-state index is 13.1. The van der Waals surface area contributed by atoms with Gasteiger partial charge in [-0.15, -0.1) is 0 Å². The number of carbonyl (C=O) groups is 1. The van der Waals surface area contributed by atoms with Crippen LogP contribution in [-0.2, 0) is 4.79 Å². The molecule has 1 amide bonds. The number of nitrogens with one attached hydrogen (secondary N) is 1. The highest BCUT2D eigenvalue weighted by Gasteiger charge is 2.39. The summed E-state index contributed by atoms with van der Waals surface area (Å²) in [6.07, 6.45) is 1.94. The normalized spacial score (nSPS) is 18.2. The largest absolute Gasteiger partial charge is 0.487 e. The molecule has 4 rings (SSSR count). The van der Waals surface area contributed by atoms with Gasteiger partial charge >= 0.3 is 0 Å². The van der Waals surface area contributed by atoms with Crippen molar-refractivity contribution in [3.05, 3.63) is 72.3 Å². The second-order valence-electron chi connectivity index (χ2n) is 8.03. The van der Waals surface area contributed by atoms with Crippen molar-refractivity contribution in [3.8, 4) is 11.5 Å². The van der Waals surface area contributed by atoms with E-state index in [0.717, 1.165) is 47.1 Å². The molecule has 3 aromatic rings. The van der Waals surface area contributed by atoms with Crippen LogP contribution in [0, 0.1) is 0 Å². The molecule has 0 radical (unpaired) electrons. The number of carbonyl (C=O) groups excluding carboxylic acids is 1. The van der Waals surface area contributed by atoms with Gasteiger partial charge in [-0.3, -0.25) is 4.79 Å². The number of hydrogen-bond acceptors (Lipinski definition) is 3. The van der Waals surface area contributed by atoms with Crippen LogP contribution in [0.1, 0.15) is 51.6 Å². The highest BCUT2D eigenvalue weighted by Crippen LogP contribution is 2.42. The molecule has 1 N–H and O–H groups in total. The molecule has 0 saturated carbocycles. The lowest BCUT2D eigenvalue weighted by atomic mass is 9.83. The van der Waals surface area contributed by atoms with Gasteiger partial charge in [0.2, 0.25) is 0 Å². The highest BCUT2D eigenvalue weighted by atomic mass is 16.5. The Balaban J connectivity index is 1.54. The van der Waals surface area contributed by atoms with Gasteiger partial charge in [-0.25, -0.2) is 0 Å². The molecule has 0 aromatic heterocycles. The van der Waals surface area contributed by atoms with Crippen molar-refractivity contribution in [1.82, 2.24) is 5.32 Å². The van der Waals surface area contributed by atoms with Crippen LogP contribution in [0.4, 0.5) is 0 Å². The summed E-state index contributed by atoms with van der Waals surface area (Å²) in [6.45, 7) is 6.08. The van der Waals surface area contributed by atoms with Crippen LogP contribution in [0.3, 0.4) is 0 Å². The lowest BCUT2D eigenvalue weighted by Gasteiger charge is -2.41. The zero-order valence-electron chi connectivity index (χ0n) is 17.9. The molecule has 0 fully saturated rings. The lowest BCUT2D eigenvalue weighted by molar-refractivity contribution is -0.128. The fourth-order valence-corrected chi connectivity index (χ4v) is 4.26. The monoisotopic (exact) mass is 403 g/mol. The molecule has 0 saturated heterocycles. The van der Waals surface area contributed by atoms with E-state index in [9.17, 15) is 4.79 Å². The average Bonchev–Trinajstić information content (AvgIpc) is 2.79. The SMILES string of the molecule is CCC1(CC)C[C@H](NC(=O)[C@@H](C)Oc2cccc3ccccc23)c2ccccc2O1. The van der Waals surface area contributed by atoms with E-state index in [1.807, 2.05) is 66.7 Å². The van der Waals surface area contributed by atoms with Gasteiger partial charge in [-0.2, -0.15) is 0 Å². The minimum Gasteiger partial charge on any atom is -0.487 e. The van der Waals surface area contributed by atoms with E-state index in [2.05, 4.69) is 19.2 Å². The predicted molar refractivity (Wildman–Crippen MR) is 120 cm³/mol. The number of ether oxygens (including phenoxy) is 2. The van der Waals surface area contributed by atoms with Crippen LogP contribution in [0.25, 0.3) is 10.8 Å². The van der Waals surface area contributed by atoms with E-state index in [4.69, 9.17) is 9.47 Å². The van der Waals surface area contributed by atoms with E-state index < -0.39 is 6.10 Å². The summed E-state index contributed by atoms with van der Waals surface area (Å²) in [5, 5.41) is 5.32. The van der Waals surface area contributed by atoms with Crippen LogP contribution in [0.15, 0.2) is 66.7 Å². The maximum absolute atomic E-state index is 13.1. The van der Waals surface area contributed by atoms with Gasteiger partial charge in [0, 0.05) is 17.4 Å². The van der Waals surface area contributed by atoms with E-state index in [0.29, 0.717) is 0 Å². The molecule has 30 heavy (non-hydrogen) atoms. The fourth-order valence-electron chi connectivity index (χ4n) is 4.26. The quantitative estimate of drug-likeness (QED) is 0.565. The second-order valence-corrected chi connectivity index (χ2v) is 8.03. The number of amides is 1. The lowest BCUT2D eigenvalue weighted by Crippen LogP contribution is -2.46. The third kappa shape index (κ3) is 3.87. The van der Waals surface area contributed by atoms with Gasteiger partial charge in [0.1, 0.15) is 17.1 Å². The minimum atomic E-state index is -0.608. The molecule has 0 spiro atoms. The first-order valence-corrected chi connectivity index (χ1v) is 10.8. The van der Waals surface area contributed by atoms with Crippen molar-refractivity contribution < 1.29 is 14.3 Å². The molecule has 1 aliphatic heterocycles. The number of para-hydroxylation sites is 1. The average molecular weight is 404 g/mol. The summed E-state index contributed by atoms with van der Waals surface area (Å²) in [4.78, 5) is 13.1. The minimum absolute atomic E-state index is 0.0964. The van der Waals surface area contributed by atoms with Crippen LogP contribution < -0.4 is 14.8 Å². The number of benzene rings is 3. The Kier molecular flexibility index (Phi) is 5.67. The first kappa shape index (κ1) is 20.3. The van der Waals surface area contributed by atoms with Crippen LogP contribution in [0.2, 0.25) is 0 Å². The maximum Gasteiger partial charge on any atom is 0.261 e. The van der Waals surface area contributed by atoms with Crippen molar-refractivity contribution in [2.24, 2.45) is 0 Å². The summed E-state index contributed by atoms with van der Waals surface area (Å²) in [5.41, 5.74) is 0.771. The van der Waals surface area contributed by atoms with Crippen LogP contribution in [-0.4, -0.2) is 17.6 Å². The number of hydrogen-bond donors (Lipinski definition) is 1. The van der Waals surface area contributed by atoms with Gasteiger partial charge < -0.3 is 14.8 Å². The van der Waals surface area contributed by atoms with Crippen LogP contribution >= 0.6 is 0 Å². The van der Waals surface area contributed by atoms with Gasteiger partial charge in [-0.05, 0) is 37.3 Å². The Bertz CT molecular complexity index is 1040. The van der Waals surface area contributed by atoms with Gasteiger partial charge in [0.25, 0.3) is 5.91 Å². The summed E-state index contributed by atoms with van der Waals surface area (Å²) >= 11 is 0. The Hall–Kier alpha value is -3.01. The molecule has 1 heterocycles. The van der Waals surface area contributed by atoms with E-state index in [1.54, 1.807) is 6.92 Å². The number of fused-ring (bicyclic) bond motifs is 2. The smallest absolute Gasteiger partial charge is 0.261 e. The van der Waals surface area contributed by atoms with E-state index in [-0.39, 0.29) is 17.6 Å². The standard InChI is InChI=1S/C26H29NO3/c1-4-26(5-2)17-22(21-14-8-9-15-24(21)30-26)27-25(28)18(3)29-23-16-10-12-19-11-6-7-13-20(19)23/h6-16,18,22H,4-5,17H2,1-3H3,(H,27,28)/t18-,22+/m1/s1. The van der Waals surface area contributed by atoms with Crippen molar-refractivity contribution in [2.45, 2.75) is 57.8 Å². The zero-order valence-corrected chi connectivity index (χ0v) is 17.9. The van der Waals surface area contributed by atoms with Crippen molar-refractivity contribution in [3.63, 3.8) is 0 Å². The summed E-state index contributed by atoms with van der Waals surface area (Å²) in [7, 11) is 0. The first-order valence-electron chi connectivity index (χ1n) is 10.8. The highest BCUT2D eigenvalue weighted by molar-refractivity contribution is 5.89. The molecule has 0 bridgehead atoms. The zero-order chi connectivity index (χ0) is 21.1. The van der Waals surface area contributed by atoms with Gasteiger partial charge in [0.05, 0.1) is 6.04 Å². The molecular formula is C26H29NO3. The fraction of sp³-hybridized carbons (Fsp3) is 0.346. The Morgan fingerprint density at radius 2 is 1.77 bits per heavy atom. The molecule has 0 unspecified atom stereocenters. The molecule has 4 heteroatoms. The molecule has 1 aliphatic rings. The molecule has 3 aromatic carbocycles. The second kappa shape index (κ2) is 8.39. The van der Waals surface area contributed by atoms with Crippen LogP contribution in [0.5, 0.6) is 11.5 Å². The predicted octanol–water partition coefficient (Wildman–Crippen LogP) is 5.81. The summed E-state index contributed by atoms with van der Waals surface area (Å²) < 4.78 is 12.4. The van der Waals surface area contributed by atoms with E-state index in [1.165, 1.54) is 0 Å². The number of rotatable bonds is 6. The third-order valence-electron chi connectivity index (χ3n) is 6.22. The molecular weight excluding hydrogens is 374 g/mol. The Labute approximate surface area is 178 Å². The summed E-state index contributed by atoms with van der Waals surface area (Å²) in [6, 6.07) is 21.8. The van der Waals surface area contributed by atoms with Crippen molar-refractivity contribution in [1.29, 1.82) is 0 Å². The topological polar surface area (TPSA) is 47.6 Å². The Morgan fingerprint density at radius 1 is 1.07 bits per heavy atom. The molecule has 2 atom stereocenters. The molecule has 0 aliphatic carbocycles. The first-order chi connectivity index (χ1) is 14.5. The summed E-state index contributed by atoms with van der Waals surface area (Å²) in [5.74, 6) is 1.46. The van der Waals surface area contributed by atoms with Crippen molar-refractivity contribution >= 4 is 16.7 Å².